The second-order valence-electron chi connectivity index (χ2n) is 2.58. The molecule has 12 heavy (non-hydrogen) atoms. The van der Waals surface area contributed by atoms with Gasteiger partial charge in [-0.25, -0.2) is 5.06 Å². The van der Waals surface area contributed by atoms with E-state index in [-0.39, 0.29) is 18.7 Å². The number of carboxylic acid groups (broad SMARTS) is 1. The number of rotatable bonds is 3. The SMILES string of the molecule is O=C(O)CCC(=O)N1CCCO1. The molecule has 1 aliphatic heterocycles. The highest BCUT2D eigenvalue weighted by Gasteiger charge is 2.19. The van der Waals surface area contributed by atoms with Gasteiger partial charge in [0.25, 0.3) is 0 Å². The van der Waals surface area contributed by atoms with Gasteiger partial charge in [-0.3, -0.25) is 14.4 Å². The van der Waals surface area contributed by atoms with Crippen LogP contribution in [0.2, 0.25) is 0 Å². The van der Waals surface area contributed by atoms with E-state index in [0.717, 1.165) is 6.42 Å². The summed E-state index contributed by atoms with van der Waals surface area (Å²) in [5.74, 6) is -1.20. The number of hydrogen-bond acceptors (Lipinski definition) is 3. The first-order valence-corrected chi connectivity index (χ1v) is 3.85. The predicted molar refractivity (Wildman–Crippen MR) is 39.2 cm³/mol. The van der Waals surface area contributed by atoms with Gasteiger partial charge in [0, 0.05) is 6.42 Å². The minimum absolute atomic E-state index is 0.0231. The molecule has 5 heteroatoms. The molecule has 0 radical (unpaired) electrons. The Balaban J connectivity index is 2.23. The molecule has 1 N–H and O–H groups in total. The van der Waals surface area contributed by atoms with E-state index in [1.54, 1.807) is 0 Å². The lowest BCUT2D eigenvalue weighted by Crippen LogP contribution is -2.26. The van der Waals surface area contributed by atoms with Crippen LogP contribution in [0, 0.1) is 0 Å². The minimum Gasteiger partial charge on any atom is -0.481 e. The molecule has 68 valence electrons. The molecular weight excluding hydrogens is 162 g/mol. The molecule has 0 bridgehead atoms. The van der Waals surface area contributed by atoms with Crippen LogP contribution < -0.4 is 0 Å². The second kappa shape index (κ2) is 4.06. The largest absolute Gasteiger partial charge is 0.481 e. The number of hydroxylamine groups is 2. The lowest BCUT2D eigenvalue weighted by Gasteiger charge is -2.12. The average molecular weight is 173 g/mol. The number of nitrogens with zero attached hydrogens (tertiary/aromatic N) is 1. The molecule has 0 saturated carbocycles. The van der Waals surface area contributed by atoms with E-state index in [1.807, 2.05) is 0 Å². The molecule has 1 amide bonds. The summed E-state index contributed by atoms with van der Waals surface area (Å²) in [6.45, 7) is 1.14. The highest BCUT2D eigenvalue weighted by molar-refractivity contribution is 5.80. The molecule has 0 unspecified atom stereocenters. The fraction of sp³-hybridized carbons (Fsp3) is 0.714. The summed E-state index contributed by atoms with van der Waals surface area (Å²) in [6, 6.07) is 0. The van der Waals surface area contributed by atoms with Gasteiger partial charge in [-0.15, -0.1) is 0 Å². The van der Waals surface area contributed by atoms with Crippen LogP contribution in [0.25, 0.3) is 0 Å². The summed E-state index contributed by atoms with van der Waals surface area (Å²) < 4.78 is 0. The van der Waals surface area contributed by atoms with Crippen LogP contribution in [-0.4, -0.2) is 35.2 Å². The van der Waals surface area contributed by atoms with E-state index in [4.69, 9.17) is 9.94 Å². The summed E-state index contributed by atoms with van der Waals surface area (Å²) in [4.78, 5) is 26.1. The maximum atomic E-state index is 11.1. The Morgan fingerprint density at radius 2 is 2.17 bits per heavy atom. The molecule has 5 nitrogen and oxygen atoms in total. The number of amides is 1. The van der Waals surface area contributed by atoms with E-state index in [0.29, 0.717) is 13.2 Å². The Bertz CT molecular complexity index is 186. The van der Waals surface area contributed by atoms with Crippen LogP contribution in [0.1, 0.15) is 19.3 Å². The fourth-order valence-corrected chi connectivity index (χ4v) is 0.983. The van der Waals surface area contributed by atoms with Gasteiger partial charge in [-0.1, -0.05) is 0 Å². The highest BCUT2D eigenvalue weighted by Crippen LogP contribution is 2.07. The van der Waals surface area contributed by atoms with Crippen LogP contribution in [0.4, 0.5) is 0 Å². The van der Waals surface area contributed by atoms with Crippen molar-refractivity contribution < 1.29 is 19.5 Å². The molecule has 1 saturated heterocycles. The zero-order valence-corrected chi connectivity index (χ0v) is 6.65. The van der Waals surface area contributed by atoms with Crippen molar-refractivity contribution in [3.8, 4) is 0 Å². The van der Waals surface area contributed by atoms with Crippen molar-refractivity contribution in [2.45, 2.75) is 19.3 Å². The van der Waals surface area contributed by atoms with E-state index in [9.17, 15) is 9.59 Å². The Kier molecular flexibility index (Phi) is 3.04. The van der Waals surface area contributed by atoms with E-state index >= 15 is 0 Å². The van der Waals surface area contributed by atoms with Crippen molar-refractivity contribution >= 4 is 11.9 Å². The summed E-state index contributed by atoms with van der Waals surface area (Å²) in [7, 11) is 0. The number of aliphatic carboxylic acids is 1. The maximum Gasteiger partial charge on any atom is 0.303 e. The van der Waals surface area contributed by atoms with Crippen molar-refractivity contribution in [3.05, 3.63) is 0 Å². The Morgan fingerprint density at radius 1 is 1.42 bits per heavy atom. The first kappa shape index (κ1) is 8.99. The van der Waals surface area contributed by atoms with Crippen LogP contribution >= 0.6 is 0 Å². The fourth-order valence-electron chi connectivity index (χ4n) is 0.983. The highest BCUT2D eigenvalue weighted by atomic mass is 16.7. The molecule has 0 aliphatic carbocycles. The molecular formula is C7H11NO4. The quantitative estimate of drug-likeness (QED) is 0.653. The Labute approximate surface area is 69.9 Å². The number of carbonyl (C=O) groups is 2. The Morgan fingerprint density at radius 3 is 2.67 bits per heavy atom. The molecule has 1 fully saturated rings. The van der Waals surface area contributed by atoms with Crippen LogP contribution in [-0.2, 0) is 14.4 Å². The zero-order chi connectivity index (χ0) is 8.97. The lowest BCUT2D eigenvalue weighted by atomic mass is 10.3. The second-order valence-corrected chi connectivity index (χ2v) is 2.58. The van der Waals surface area contributed by atoms with Gasteiger partial charge in [-0.2, -0.15) is 0 Å². The van der Waals surface area contributed by atoms with Crippen molar-refractivity contribution in [3.63, 3.8) is 0 Å². The first-order valence-electron chi connectivity index (χ1n) is 3.85. The zero-order valence-electron chi connectivity index (χ0n) is 6.65. The van der Waals surface area contributed by atoms with Gasteiger partial charge in [0.05, 0.1) is 19.6 Å². The van der Waals surface area contributed by atoms with E-state index < -0.39 is 5.97 Å². The molecule has 1 rings (SSSR count). The third kappa shape index (κ3) is 2.50. The summed E-state index contributed by atoms with van der Waals surface area (Å²) in [6.07, 6.45) is 0.729. The molecule has 1 aliphatic rings. The van der Waals surface area contributed by atoms with Gasteiger partial charge >= 0.3 is 5.97 Å². The lowest BCUT2D eigenvalue weighted by molar-refractivity contribution is -0.169. The molecule has 1 heterocycles. The van der Waals surface area contributed by atoms with Crippen LogP contribution in [0.15, 0.2) is 0 Å². The van der Waals surface area contributed by atoms with E-state index in [2.05, 4.69) is 0 Å². The van der Waals surface area contributed by atoms with Crippen molar-refractivity contribution in [2.24, 2.45) is 0 Å². The van der Waals surface area contributed by atoms with Crippen LogP contribution in [0.3, 0.4) is 0 Å². The van der Waals surface area contributed by atoms with Crippen LogP contribution in [0.5, 0.6) is 0 Å². The Hall–Kier alpha value is -1.10. The summed E-state index contributed by atoms with van der Waals surface area (Å²) in [5.41, 5.74) is 0. The molecule has 0 aromatic carbocycles. The maximum absolute atomic E-state index is 11.1. The predicted octanol–water partition coefficient (Wildman–Crippen LogP) is 0.0151. The molecule has 0 atom stereocenters. The topological polar surface area (TPSA) is 66.8 Å². The monoisotopic (exact) mass is 173 g/mol. The van der Waals surface area contributed by atoms with Gasteiger partial charge < -0.3 is 5.11 Å². The number of carboxylic acids is 1. The van der Waals surface area contributed by atoms with E-state index in [1.165, 1.54) is 5.06 Å². The molecule has 0 spiro atoms. The molecule has 0 aromatic heterocycles. The minimum atomic E-state index is -0.956. The first-order chi connectivity index (χ1) is 5.70. The van der Waals surface area contributed by atoms with Crippen molar-refractivity contribution in [2.75, 3.05) is 13.2 Å². The number of carbonyl (C=O) groups excluding carboxylic acids is 1. The molecule has 0 aromatic rings. The van der Waals surface area contributed by atoms with Gasteiger partial charge in [-0.05, 0) is 6.42 Å². The number of hydrogen-bond donors (Lipinski definition) is 1. The third-order valence-electron chi connectivity index (χ3n) is 1.58. The van der Waals surface area contributed by atoms with Crippen molar-refractivity contribution in [1.29, 1.82) is 0 Å². The standard InChI is InChI=1S/C7H11NO4/c9-6(2-3-7(10)11)8-4-1-5-12-8/h1-5H2,(H,10,11). The van der Waals surface area contributed by atoms with Gasteiger partial charge in [0.2, 0.25) is 5.91 Å². The normalized spacial score (nSPS) is 16.5. The summed E-state index contributed by atoms with van der Waals surface area (Å²) in [5, 5.41) is 9.53. The average Bonchev–Trinajstić information content (AvgIpc) is 2.51. The van der Waals surface area contributed by atoms with Gasteiger partial charge in [0.1, 0.15) is 0 Å². The summed E-state index contributed by atoms with van der Waals surface area (Å²) >= 11 is 0. The van der Waals surface area contributed by atoms with Gasteiger partial charge in [0.15, 0.2) is 0 Å². The third-order valence-corrected chi connectivity index (χ3v) is 1.58. The van der Waals surface area contributed by atoms with Crippen molar-refractivity contribution in [1.82, 2.24) is 5.06 Å². The smallest absolute Gasteiger partial charge is 0.303 e.